The second-order valence-corrected chi connectivity index (χ2v) is 5.06. The fraction of sp³-hybridized carbons (Fsp3) is 0.231. The molecule has 0 aliphatic rings. The number of carbonyl (C=O) groups is 1. The Kier molecular flexibility index (Phi) is 5.82. The monoisotopic (exact) mass is 283 g/mol. The van der Waals surface area contributed by atoms with Crippen molar-refractivity contribution in [3.63, 3.8) is 0 Å². The lowest BCUT2D eigenvalue weighted by atomic mass is 10.1. The Labute approximate surface area is 115 Å². The second-order valence-electron chi connectivity index (χ2n) is 3.52. The van der Waals surface area contributed by atoms with Crippen LogP contribution in [0.3, 0.4) is 0 Å². The molecule has 1 rings (SSSR count). The van der Waals surface area contributed by atoms with E-state index in [1.54, 1.807) is 6.08 Å². The van der Waals surface area contributed by atoms with Crippen LogP contribution in [0.1, 0.15) is 22.5 Å². The molecule has 0 saturated heterocycles. The lowest BCUT2D eigenvalue weighted by Crippen LogP contribution is -2.00. The number of allylic oxidation sites excluding steroid dienone is 5. The number of hydrogen-bond acceptors (Lipinski definition) is 3. The third kappa shape index (κ3) is 4.13. The maximum Gasteiger partial charge on any atom is 0.308 e. The van der Waals surface area contributed by atoms with Crippen molar-refractivity contribution in [3.8, 4) is 0 Å². The van der Waals surface area contributed by atoms with E-state index in [0.717, 1.165) is 15.5 Å². The van der Waals surface area contributed by atoms with E-state index in [9.17, 15) is 4.79 Å². The van der Waals surface area contributed by atoms with Crippen molar-refractivity contribution in [2.75, 3.05) is 0 Å². The molecule has 0 aliphatic carbocycles. The van der Waals surface area contributed by atoms with Gasteiger partial charge in [-0.05, 0) is 13.8 Å². The maximum absolute atomic E-state index is 10.8. The number of aromatic nitrogens is 1. The first-order valence-corrected chi connectivity index (χ1v) is 6.62. The minimum Gasteiger partial charge on any atom is -0.481 e. The summed E-state index contributed by atoms with van der Waals surface area (Å²) in [7, 11) is 0. The SMILES string of the molecule is C\C=C/C(=C\C=C\Cl)c1nc(C)sc1CC(=O)O. The van der Waals surface area contributed by atoms with Gasteiger partial charge >= 0.3 is 5.97 Å². The van der Waals surface area contributed by atoms with Crippen molar-refractivity contribution in [1.29, 1.82) is 0 Å². The average Bonchev–Trinajstić information content (AvgIpc) is 2.64. The molecule has 3 nitrogen and oxygen atoms in total. The van der Waals surface area contributed by atoms with Gasteiger partial charge in [0, 0.05) is 16.0 Å². The number of rotatable bonds is 5. The van der Waals surface area contributed by atoms with E-state index in [1.807, 2.05) is 32.1 Å². The first kappa shape index (κ1) is 14.7. The number of aryl methyl sites for hydroxylation is 1. The van der Waals surface area contributed by atoms with E-state index in [1.165, 1.54) is 16.9 Å². The average molecular weight is 284 g/mol. The largest absolute Gasteiger partial charge is 0.481 e. The summed E-state index contributed by atoms with van der Waals surface area (Å²) in [4.78, 5) is 16.0. The lowest BCUT2D eigenvalue weighted by molar-refractivity contribution is -0.136. The fourth-order valence-corrected chi connectivity index (χ4v) is 2.51. The molecule has 96 valence electrons. The number of nitrogens with zero attached hydrogens (tertiary/aromatic N) is 1. The van der Waals surface area contributed by atoms with Gasteiger partial charge in [0.25, 0.3) is 0 Å². The van der Waals surface area contributed by atoms with Crippen LogP contribution in [0.2, 0.25) is 0 Å². The zero-order chi connectivity index (χ0) is 13.5. The Balaban J connectivity index is 3.22. The lowest BCUT2D eigenvalue weighted by Gasteiger charge is -2.00. The molecule has 0 fully saturated rings. The van der Waals surface area contributed by atoms with Crippen LogP contribution in [0.15, 0.2) is 29.8 Å². The summed E-state index contributed by atoms with van der Waals surface area (Å²) < 4.78 is 0. The minimum absolute atomic E-state index is 0.0136. The van der Waals surface area contributed by atoms with E-state index in [4.69, 9.17) is 16.7 Å². The number of aliphatic carboxylic acids is 1. The van der Waals surface area contributed by atoms with Crippen LogP contribution < -0.4 is 0 Å². The zero-order valence-corrected chi connectivity index (χ0v) is 11.8. The summed E-state index contributed by atoms with van der Waals surface area (Å²) >= 11 is 6.91. The summed E-state index contributed by atoms with van der Waals surface area (Å²) in [5.41, 5.74) is 2.97. The highest BCUT2D eigenvalue weighted by molar-refractivity contribution is 7.11. The Morgan fingerprint density at radius 2 is 2.28 bits per heavy atom. The highest BCUT2D eigenvalue weighted by Gasteiger charge is 2.14. The fourth-order valence-electron chi connectivity index (χ4n) is 1.48. The highest BCUT2D eigenvalue weighted by Crippen LogP contribution is 2.26. The predicted molar refractivity (Wildman–Crippen MR) is 76.0 cm³/mol. The molecule has 0 amide bonds. The molecule has 1 aromatic heterocycles. The molecule has 0 aromatic carbocycles. The molecule has 0 radical (unpaired) electrons. The van der Waals surface area contributed by atoms with Gasteiger partial charge in [-0.15, -0.1) is 11.3 Å². The van der Waals surface area contributed by atoms with Crippen LogP contribution >= 0.6 is 22.9 Å². The van der Waals surface area contributed by atoms with E-state index in [0.29, 0.717) is 5.69 Å². The molecule has 5 heteroatoms. The first-order chi connectivity index (χ1) is 8.58. The van der Waals surface area contributed by atoms with Gasteiger partial charge in [0.1, 0.15) is 0 Å². The molecule has 1 N–H and O–H groups in total. The van der Waals surface area contributed by atoms with Gasteiger partial charge in [-0.2, -0.15) is 0 Å². The summed E-state index contributed by atoms with van der Waals surface area (Å²) in [5.74, 6) is -0.854. The third-order valence-electron chi connectivity index (χ3n) is 2.08. The van der Waals surface area contributed by atoms with Gasteiger partial charge in [-0.1, -0.05) is 35.9 Å². The van der Waals surface area contributed by atoms with Crippen molar-refractivity contribution in [2.24, 2.45) is 0 Å². The molecule has 0 atom stereocenters. The van der Waals surface area contributed by atoms with Gasteiger partial charge in [-0.3, -0.25) is 4.79 Å². The summed E-state index contributed by atoms with van der Waals surface area (Å²) in [6.07, 6.45) is 7.26. The Hall–Kier alpha value is -1.39. The number of thiazole rings is 1. The number of hydrogen-bond donors (Lipinski definition) is 1. The Morgan fingerprint density at radius 1 is 1.56 bits per heavy atom. The van der Waals surface area contributed by atoms with Gasteiger partial charge in [0.2, 0.25) is 0 Å². The smallest absolute Gasteiger partial charge is 0.308 e. The van der Waals surface area contributed by atoms with Gasteiger partial charge in [0.05, 0.1) is 17.1 Å². The van der Waals surface area contributed by atoms with Crippen molar-refractivity contribution in [1.82, 2.24) is 4.98 Å². The zero-order valence-electron chi connectivity index (χ0n) is 10.2. The molecule has 18 heavy (non-hydrogen) atoms. The molecule has 0 saturated carbocycles. The molecule has 1 heterocycles. The van der Waals surface area contributed by atoms with Gasteiger partial charge in [0.15, 0.2) is 0 Å². The highest BCUT2D eigenvalue weighted by atomic mass is 35.5. The van der Waals surface area contributed by atoms with Crippen LogP contribution in [0.5, 0.6) is 0 Å². The van der Waals surface area contributed by atoms with Gasteiger partial charge < -0.3 is 5.11 Å². The van der Waals surface area contributed by atoms with Crippen molar-refractivity contribution in [3.05, 3.63) is 45.4 Å². The molecule has 0 unspecified atom stereocenters. The van der Waals surface area contributed by atoms with Gasteiger partial charge in [-0.25, -0.2) is 4.98 Å². The summed E-state index contributed by atoms with van der Waals surface area (Å²) in [6, 6.07) is 0. The molecule has 1 aromatic rings. The quantitative estimate of drug-likeness (QED) is 0.837. The number of carboxylic acids is 1. The third-order valence-corrected chi connectivity index (χ3v) is 3.20. The maximum atomic E-state index is 10.8. The van der Waals surface area contributed by atoms with Crippen LogP contribution in [0.25, 0.3) is 5.57 Å². The van der Waals surface area contributed by atoms with E-state index >= 15 is 0 Å². The van der Waals surface area contributed by atoms with Crippen LogP contribution in [0.4, 0.5) is 0 Å². The van der Waals surface area contributed by atoms with Crippen molar-refractivity contribution < 1.29 is 9.90 Å². The molecule has 0 spiro atoms. The molecule has 0 bridgehead atoms. The van der Waals surface area contributed by atoms with E-state index < -0.39 is 5.97 Å². The Morgan fingerprint density at radius 3 is 2.83 bits per heavy atom. The van der Waals surface area contributed by atoms with E-state index in [2.05, 4.69) is 4.98 Å². The minimum atomic E-state index is -0.854. The normalized spacial score (nSPS) is 12.7. The van der Waals surface area contributed by atoms with Crippen molar-refractivity contribution >= 4 is 34.5 Å². The topological polar surface area (TPSA) is 50.2 Å². The summed E-state index contributed by atoms with van der Waals surface area (Å²) in [5, 5.41) is 9.75. The standard InChI is InChI=1S/C13H14ClNO2S/c1-3-5-10(6-4-7-14)13-11(8-12(16)17)18-9(2)15-13/h3-7H,8H2,1-2H3,(H,16,17)/b5-3-,7-4+,10-6+. The molecular weight excluding hydrogens is 270 g/mol. The predicted octanol–water partition coefficient (Wildman–Crippen LogP) is 3.79. The number of halogens is 1. The number of carboxylic acid groups (broad SMARTS) is 1. The molecule has 0 aliphatic heterocycles. The second kappa shape index (κ2) is 7.13. The van der Waals surface area contributed by atoms with Crippen molar-refractivity contribution in [2.45, 2.75) is 20.3 Å². The van der Waals surface area contributed by atoms with Crippen LogP contribution in [-0.2, 0) is 11.2 Å². The first-order valence-electron chi connectivity index (χ1n) is 5.36. The van der Waals surface area contributed by atoms with Crippen LogP contribution in [0, 0.1) is 6.92 Å². The summed E-state index contributed by atoms with van der Waals surface area (Å²) in [6.45, 7) is 3.76. The Bertz CT molecular complexity index is 515. The van der Waals surface area contributed by atoms with Crippen LogP contribution in [-0.4, -0.2) is 16.1 Å². The molecular formula is C13H14ClNO2S. The van der Waals surface area contributed by atoms with E-state index in [-0.39, 0.29) is 6.42 Å².